The predicted molar refractivity (Wildman–Crippen MR) is 160 cm³/mol. The van der Waals surface area contributed by atoms with Gasteiger partial charge in [0.05, 0.1) is 17.0 Å². The molecule has 0 aromatic heterocycles. The number of hydrogen-bond donors (Lipinski definition) is 1. The topological polar surface area (TPSA) is 86.8 Å². The number of rotatable bonds is 11. The van der Waals surface area contributed by atoms with Crippen LogP contribution in [0.1, 0.15) is 42.4 Å². The van der Waals surface area contributed by atoms with Crippen LogP contribution >= 0.6 is 11.6 Å². The largest absolute Gasteiger partial charge is 0.352 e. The Morgan fingerprint density at radius 1 is 1.00 bits per heavy atom. The summed E-state index contributed by atoms with van der Waals surface area (Å²) in [7, 11) is -3.97. The lowest BCUT2D eigenvalue weighted by atomic mass is 10.0. The standard InChI is InChI=1S/C31H35ClFN3O4S/c1-22-12-14-24(15-13-22)20-35(30(37)21-36(41(2,39)40)26-16-17-28(33)27(32)19-26)29(18-23-8-4-3-5-9-23)31(38)34-25-10-6-7-11-25/h3-5,8-9,12-17,19,25,29H,6-7,10-11,18,20-21H2,1-2H3,(H,34,38). The van der Waals surface area contributed by atoms with Crippen LogP contribution in [-0.2, 0) is 32.6 Å². The molecule has 2 amide bonds. The highest BCUT2D eigenvalue weighted by atomic mass is 35.5. The summed E-state index contributed by atoms with van der Waals surface area (Å²) in [5.74, 6) is -1.56. The highest BCUT2D eigenvalue weighted by Crippen LogP contribution is 2.26. The predicted octanol–water partition coefficient (Wildman–Crippen LogP) is 5.25. The van der Waals surface area contributed by atoms with Gasteiger partial charge < -0.3 is 10.2 Å². The zero-order valence-electron chi connectivity index (χ0n) is 23.2. The number of sulfonamides is 1. The van der Waals surface area contributed by atoms with Crippen molar-refractivity contribution in [2.24, 2.45) is 0 Å². The highest BCUT2D eigenvalue weighted by Gasteiger charge is 2.34. The molecular formula is C31H35ClFN3O4S. The van der Waals surface area contributed by atoms with E-state index in [1.807, 2.05) is 61.5 Å². The van der Waals surface area contributed by atoms with Gasteiger partial charge in [0.1, 0.15) is 18.4 Å². The van der Waals surface area contributed by atoms with Crippen molar-refractivity contribution in [1.82, 2.24) is 10.2 Å². The van der Waals surface area contributed by atoms with Gasteiger partial charge in [0.25, 0.3) is 0 Å². The Morgan fingerprint density at radius 2 is 1.66 bits per heavy atom. The van der Waals surface area contributed by atoms with E-state index in [4.69, 9.17) is 11.6 Å². The minimum Gasteiger partial charge on any atom is -0.352 e. The van der Waals surface area contributed by atoms with E-state index in [1.54, 1.807) is 0 Å². The number of aryl methyl sites for hydroxylation is 1. The number of carbonyl (C=O) groups is 2. The SMILES string of the molecule is Cc1ccc(CN(C(=O)CN(c2ccc(F)c(Cl)c2)S(C)(=O)=O)C(Cc2ccccc2)C(=O)NC2CCCC2)cc1. The van der Waals surface area contributed by atoms with Crippen molar-refractivity contribution in [1.29, 1.82) is 0 Å². The Hall–Kier alpha value is -3.43. The minimum absolute atomic E-state index is 0.0333. The number of anilines is 1. The normalized spacial score (nSPS) is 14.4. The second-order valence-electron chi connectivity index (χ2n) is 10.6. The monoisotopic (exact) mass is 599 g/mol. The van der Waals surface area contributed by atoms with Crippen LogP contribution < -0.4 is 9.62 Å². The third-order valence-electron chi connectivity index (χ3n) is 7.32. The molecular weight excluding hydrogens is 565 g/mol. The van der Waals surface area contributed by atoms with Crippen molar-refractivity contribution in [2.75, 3.05) is 17.1 Å². The van der Waals surface area contributed by atoms with Crippen LogP contribution in [-0.4, -0.2) is 50.0 Å². The molecule has 1 fully saturated rings. The molecule has 41 heavy (non-hydrogen) atoms. The molecule has 1 aliphatic carbocycles. The van der Waals surface area contributed by atoms with E-state index >= 15 is 0 Å². The molecule has 0 heterocycles. The van der Waals surface area contributed by atoms with Crippen LogP contribution in [0, 0.1) is 12.7 Å². The molecule has 1 aliphatic rings. The first-order chi connectivity index (χ1) is 19.5. The van der Waals surface area contributed by atoms with Crippen LogP contribution in [0.4, 0.5) is 10.1 Å². The minimum atomic E-state index is -3.97. The molecule has 0 saturated heterocycles. The Morgan fingerprint density at radius 3 is 2.27 bits per heavy atom. The van der Waals surface area contributed by atoms with Crippen molar-refractivity contribution in [3.05, 3.63) is 100 Å². The zero-order valence-corrected chi connectivity index (χ0v) is 24.8. The average Bonchev–Trinajstić information content (AvgIpc) is 3.45. The first kappa shape index (κ1) is 30.5. The molecule has 0 bridgehead atoms. The maximum absolute atomic E-state index is 14.1. The Kier molecular flexibility index (Phi) is 10.0. The quantitative estimate of drug-likeness (QED) is 0.326. The number of benzene rings is 3. The number of nitrogens with zero attached hydrogens (tertiary/aromatic N) is 2. The van der Waals surface area contributed by atoms with Gasteiger partial charge in [0, 0.05) is 19.0 Å². The maximum Gasteiger partial charge on any atom is 0.244 e. The van der Waals surface area contributed by atoms with Gasteiger partial charge in [0.15, 0.2) is 0 Å². The Balaban J connectivity index is 1.72. The summed E-state index contributed by atoms with van der Waals surface area (Å²) in [5.41, 5.74) is 2.76. The summed E-state index contributed by atoms with van der Waals surface area (Å²) >= 11 is 5.95. The van der Waals surface area contributed by atoms with E-state index in [2.05, 4.69) is 5.32 Å². The first-order valence-corrected chi connectivity index (χ1v) is 15.9. The molecule has 218 valence electrons. The van der Waals surface area contributed by atoms with Gasteiger partial charge in [-0.1, -0.05) is 84.6 Å². The number of halogens is 2. The number of carbonyl (C=O) groups excluding carboxylic acids is 2. The van der Waals surface area contributed by atoms with Crippen molar-refractivity contribution >= 4 is 39.1 Å². The van der Waals surface area contributed by atoms with Gasteiger partial charge in [-0.2, -0.15) is 0 Å². The fourth-order valence-electron chi connectivity index (χ4n) is 5.07. The Labute approximate surface area is 246 Å². The molecule has 0 radical (unpaired) electrons. The zero-order chi connectivity index (χ0) is 29.6. The van der Waals surface area contributed by atoms with E-state index in [1.165, 1.54) is 17.0 Å². The van der Waals surface area contributed by atoms with E-state index in [-0.39, 0.29) is 35.6 Å². The number of hydrogen-bond acceptors (Lipinski definition) is 4. The van der Waals surface area contributed by atoms with Gasteiger partial charge in [-0.3, -0.25) is 13.9 Å². The average molecular weight is 600 g/mol. The lowest BCUT2D eigenvalue weighted by Gasteiger charge is -2.34. The van der Waals surface area contributed by atoms with Gasteiger partial charge in [0.2, 0.25) is 21.8 Å². The molecule has 0 aliphatic heterocycles. The van der Waals surface area contributed by atoms with E-state index in [0.717, 1.165) is 59.0 Å². The third-order valence-corrected chi connectivity index (χ3v) is 8.75. The highest BCUT2D eigenvalue weighted by molar-refractivity contribution is 7.92. The molecule has 1 atom stereocenters. The van der Waals surface area contributed by atoms with Crippen molar-refractivity contribution in [2.45, 2.75) is 57.7 Å². The van der Waals surface area contributed by atoms with Gasteiger partial charge in [-0.05, 0) is 49.1 Å². The van der Waals surface area contributed by atoms with Crippen molar-refractivity contribution in [3.8, 4) is 0 Å². The van der Waals surface area contributed by atoms with E-state index in [0.29, 0.717) is 0 Å². The molecule has 3 aromatic carbocycles. The lowest BCUT2D eigenvalue weighted by molar-refractivity contribution is -0.140. The lowest BCUT2D eigenvalue weighted by Crippen LogP contribution is -2.54. The number of amides is 2. The first-order valence-electron chi connectivity index (χ1n) is 13.6. The van der Waals surface area contributed by atoms with Crippen LogP contribution in [0.5, 0.6) is 0 Å². The molecule has 10 heteroatoms. The van der Waals surface area contributed by atoms with Crippen LogP contribution in [0.2, 0.25) is 5.02 Å². The summed E-state index contributed by atoms with van der Waals surface area (Å²) in [6.45, 7) is 1.46. The van der Waals surface area contributed by atoms with Gasteiger partial charge >= 0.3 is 0 Å². The molecule has 4 rings (SSSR count). The summed E-state index contributed by atoms with van der Waals surface area (Å²) in [5, 5.41) is 2.87. The molecule has 7 nitrogen and oxygen atoms in total. The molecule has 1 unspecified atom stereocenters. The van der Waals surface area contributed by atoms with Gasteiger partial charge in [-0.15, -0.1) is 0 Å². The fraction of sp³-hybridized carbons (Fsp3) is 0.355. The van der Waals surface area contributed by atoms with E-state index < -0.39 is 34.3 Å². The summed E-state index contributed by atoms with van der Waals surface area (Å²) in [4.78, 5) is 29.4. The summed E-state index contributed by atoms with van der Waals surface area (Å²) in [6, 6.07) is 19.7. The van der Waals surface area contributed by atoms with Crippen LogP contribution in [0.25, 0.3) is 0 Å². The second kappa shape index (κ2) is 13.5. The molecule has 3 aromatic rings. The molecule has 1 N–H and O–H groups in total. The van der Waals surface area contributed by atoms with Crippen molar-refractivity contribution < 1.29 is 22.4 Å². The van der Waals surface area contributed by atoms with Gasteiger partial charge in [-0.25, -0.2) is 12.8 Å². The third kappa shape index (κ3) is 8.30. The fourth-order valence-corrected chi connectivity index (χ4v) is 6.08. The summed E-state index contributed by atoms with van der Waals surface area (Å²) < 4.78 is 40.4. The van der Waals surface area contributed by atoms with Crippen LogP contribution in [0.3, 0.4) is 0 Å². The number of nitrogens with one attached hydrogen (secondary N) is 1. The Bertz CT molecular complexity index is 1460. The smallest absolute Gasteiger partial charge is 0.244 e. The van der Waals surface area contributed by atoms with E-state index in [9.17, 15) is 22.4 Å². The molecule has 1 saturated carbocycles. The molecule has 0 spiro atoms. The van der Waals surface area contributed by atoms with Crippen molar-refractivity contribution in [3.63, 3.8) is 0 Å². The van der Waals surface area contributed by atoms with Crippen LogP contribution in [0.15, 0.2) is 72.8 Å². The second-order valence-corrected chi connectivity index (χ2v) is 12.9. The summed E-state index contributed by atoms with van der Waals surface area (Å²) in [6.07, 6.45) is 5.04. The maximum atomic E-state index is 14.1.